The molecule has 98 valence electrons. The molecular weight excluding hydrogens is 274 g/mol. The van der Waals surface area contributed by atoms with Crippen molar-refractivity contribution in [2.45, 2.75) is 11.3 Å². The number of anilines is 1. The van der Waals surface area contributed by atoms with Crippen molar-refractivity contribution in [2.75, 3.05) is 22.4 Å². The number of benzene rings is 1. The van der Waals surface area contributed by atoms with Gasteiger partial charge in [0.25, 0.3) is 0 Å². The molecule has 1 aromatic rings. The molecule has 1 aliphatic rings. The maximum atomic E-state index is 12.1. The van der Waals surface area contributed by atoms with Crippen LogP contribution in [0, 0.1) is 0 Å². The predicted molar refractivity (Wildman–Crippen MR) is 70.6 cm³/mol. The van der Waals surface area contributed by atoms with Crippen LogP contribution in [0.5, 0.6) is 0 Å². The summed E-state index contributed by atoms with van der Waals surface area (Å²) < 4.78 is 25.5. The normalized spacial score (nSPS) is 15.2. The van der Waals surface area contributed by atoms with Gasteiger partial charge in [-0.2, -0.15) is 0 Å². The molecule has 0 spiro atoms. The van der Waals surface area contributed by atoms with E-state index in [1.807, 2.05) is 12.1 Å². The van der Waals surface area contributed by atoms with Gasteiger partial charge in [-0.1, -0.05) is 12.1 Å². The number of aliphatic carboxylic acids is 1. The van der Waals surface area contributed by atoms with Crippen molar-refractivity contribution < 1.29 is 18.3 Å². The van der Waals surface area contributed by atoms with Crippen molar-refractivity contribution in [1.29, 1.82) is 0 Å². The number of carboxylic acids is 1. The highest BCUT2D eigenvalue weighted by Crippen LogP contribution is 2.35. The molecule has 0 atom stereocenters. The van der Waals surface area contributed by atoms with Crippen LogP contribution in [0.4, 0.5) is 5.69 Å². The molecule has 0 amide bonds. The van der Waals surface area contributed by atoms with Crippen molar-refractivity contribution in [2.24, 2.45) is 0 Å². The van der Waals surface area contributed by atoms with Crippen LogP contribution in [0.3, 0.4) is 0 Å². The second-order valence-electron chi connectivity index (χ2n) is 3.85. The highest BCUT2D eigenvalue weighted by atomic mass is 32.2. The first-order valence-electron chi connectivity index (χ1n) is 5.45. The van der Waals surface area contributed by atoms with E-state index in [2.05, 4.69) is 0 Å². The second-order valence-corrected chi connectivity index (χ2v) is 7.00. The van der Waals surface area contributed by atoms with E-state index in [9.17, 15) is 13.2 Å². The van der Waals surface area contributed by atoms with E-state index < -0.39 is 16.0 Å². The Labute approximate surface area is 110 Å². The molecule has 1 aliphatic heterocycles. The van der Waals surface area contributed by atoms with Crippen molar-refractivity contribution in [1.82, 2.24) is 0 Å². The van der Waals surface area contributed by atoms with Crippen LogP contribution in [0.1, 0.15) is 6.42 Å². The van der Waals surface area contributed by atoms with Crippen molar-refractivity contribution in [3.05, 3.63) is 24.3 Å². The second kappa shape index (κ2) is 5.19. The lowest BCUT2D eigenvalue weighted by Gasteiger charge is -2.29. The van der Waals surface area contributed by atoms with Crippen LogP contribution in [0.15, 0.2) is 29.2 Å². The zero-order valence-electron chi connectivity index (χ0n) is 9.57. The van der Waals surface area contributed by atoms with Crippen LogP contribution in [-0.2, 0) is 14.8 Å². The molecule has 0 bridgehead atoms. The molecule has 0 fully saturated rings. The Balaban J connectivity index is 2.27. The Morgan fingerprint density at radius 1 is 1.39 bits per heavy atom. The van der Waals surface area contributed by atoms with Gasteiger partial charge in [0.2, 0.25) is 10.0 Å². The standard InChI is InChI=1S/C11H13NO4S2/c13-11(14)5-8-18(15,16)12-6-7-17-10-4-2-1-3-9(10)12/h1-4H,5-8H2,(H,13,14). The lowest BCUT2D eigenvalue weighted by molar-refractivity contribution is -0.136. The first kappa shape index (κ1) is 13.2. The summed E-state index contributed by atoms with van der Waals surface area (Å²) in [6, 6.07) is 7.27. The number of fused-ring (bicyclic) bond motifs is 1. The first-order valence-corrected chi connectivity index (χ1v) is 8.04. The van der Waals surface area contributed by atoms with Crippen LogP contribution in [-0.4, -0.2) is 37.5 Å². The number of hydrogen-bond acceptors (Lipinski definition) is 4. The van der Waals surface area contributed by atoms with Gasteiger partial charge in [-0.15, -0.1) is 11.8 Å². The lowest BCUT2D eigenvalue weighted by atomic mass is 10.3. The maximum Gasteiger partial charge on any atom is 0.304 e. The van der Waals surface area contributed by atoms with Gasteiger partial charge in [0.15, 0.2) is 0 Å². The largest absolute Gasteiger partial charge is 0.481 e. The number of thioether (sulfide) groups is 1. The molecule has 0 aromatic heterocycles. The van der Waals surface area contributed by atoms with Crippen LogP contribution < -0.4 is 4.31 Å². The summed E-state index contributed by atoms with van der Waals surface area (Å²) >= 11 is 1.61. The molecule has 0 unspecified atom stereocenters. The van der Waals surface area contributed by atoms with Crippen LogP contribution in [0.2, 0.25) is 0 Å². The molecule has 2 rings (SSSR count). The summed E-state index contributed by atoms with van der Waals surface area (Å²) in [6.07, 6.45) is -0.367. The van der Waals surface area contributed by atoms with Gasteiger partial charge < -0.3 is 5.11 Å². The van der Waals surface area contributed by atoms with Gasteiger partial charge in [-0.05, 0) is 12.1 Å². The Hall–Kier alpha value is -1.21. The maximum absolute atomic E-state index is 12.1. The molecule has 1 aromatic carbocycles. The topological polar surface area (TPSA) is 74.7 Å². The van der Waals surface area contributed by atoms with Gasteiger partial charge in [0, 0.05) is 17.2 Å². The SMILES string of the molecule is O=C(O)CCS(=O)(=O)N1CCSc2ccccc21. The van der Waals surface area contributed by atoms with E-state index >= 15 is 0 Å². The molecule has 1 N–H and O–H groups in total. The fraction of sp³-hybridized carbons (Fsp3) is 0.364. The molecule has 5 nitrogen and oxygen atoms in total. The van der Waals surface area contributed by atoms with Crippen LogP contribution in [0.25, 0.3) is 0 Å². The quantitative estimate of drug-likeness (QED) is 0.906. The number of nitrogens with zero attached hydrogens (tertiary/aromatic N) is 1. The summed E-state index contributed by atoms with van der Waals surface area (Å²) in [6.45, 7) is 0.392. The third-order valence-electron chi connectivity index (χ3n) is 2.60. The average Bonchev–Trinajstić information content (AvgIpc) is 2.36. The smallest absolute Gasteiger partial charge is 0.304 e. The van der Waals surface area contributed by atoms with E-state index in [1.54, 1.807) is 23.9 Å². The minimum absolute atomic E-state index is 0.360. The molecule has 1 heterocycles. The summed E-state index contributed by atoms with van der Waals surface area (Å²) in [5, 5.41) is 8.58. The molecule has 0 radical (unpaired) electrons. The summed E-state index contributed by atoms with van der Waals surface area (Å²) in [5.41, 5.74) is 0.652. The van der Waals surface area contributed by atoms with Crippen molar-refractivity contribution in [3.63, 3.8) is 0 Å². The van der Waals surface area contributed by atoms with Gasteiger partial charge >= 0.3 is 5.97 Å². The number of carboxylic acid groups (broad SMARTS) is 1. The molecule has 18 heavy (non-hydrogen) atoms. The molecule has 0 saturated heterocycles. The Kier molecular flexibility index (Phi) is 3.82. The minimum atomic E-state index is -3.55. The minimum Gasteiger partial charge on any atom is -0.481 e. The zero-order valence-corrected chi connectivity index (χ0v) is 11.2. The fourth-order valence-electron chi connectivity index (χ4n) is 1.76. The van der Waals surface area contributed by atoms with Gasteiger partial charge in [-0.3, -0.25) is 9.10 Å². The number of carbonyl (C=O) groups is 1. The highest BCUT2D eigenvalue weighted by Gasteiger charge is 2.27. The molecule has 0 aliphatic carbocycles. The van der Waals surface area contributed by atoms with Gasteiger partial charge in [0.05, 0.1) is 17.9 Å². The summed E-state index contributed by atoms with van der Waals surface area (Å²) in [4.78, 5) is 11.4. The van der Waals surface area contributed by atoms with Crippen LogP contribution >= 0.6 is 11.8 Å². The highest BCUT2D eigenvalue weighted by molar-refractivity contribution is 8.00. The van der Waals surface area contributed by atoms with Gasteiger partial charge in [-0.25, -0.2) is 8.42 Å². The van der Waals surface area contributed by atoms with E-state index in [0.717, 1.165) is 4.90 Å². The molecular formula is C11H13NO4S2. The zero-order chi connectivity index (χ0) is 13.2. The van der Waals surface area contributed by atoms with Crippen molar-refractivity contribution in [3.8, 4) is 0 Å². The summed E-state index contributed by atoms with van der Waals surface area (Å²) in [7, 11) is -3.55. The number of hydrogen-bond donors (Lipinski definition) is 1. The van der Waals surface area contributed by atoms with E-state index in [-0.39, 0.29) is 12.2 Å². The predicted octanol–water partition coefficient (Wildman–Crippen LogP) is 1.40. The Morgan fingerprint density at radius 2 is 2.11 bits per heavy atom. The van der Waals surface area contributed by atoms with E-state index in [0.29, 0.717) is 18.0 Å². The molecule has 7 heteroatoms. The number of sulfonamides is 1. The van der Waals surface area contributed by atoms with E-state index in [1.165, 1.54) is 4.31 Å². The third-order valence-corrected chi connectivity index (χ3v) is 5.41. The Morgan fingerprint density at radius 3 is 2.83 bits per heavy atom. The van der Waals surface area contributed by atoms with E-state index in [4.69, 9.17) is 5.11 Å². The number of para-hydroxylation sites is 1. The van der Waals surface area contributed by atoms with Gasteiger partial charge in [0.1, 0.15) is 0 Å². The average molecular weight is 287 g/mol. The first-order chi connectivity index (χ1) is 8.50. The monoisotopic (exact) mass is 287 g/mol. The Bertz CT molecular complexity index is 556. The lowest BCUT2D eigenvalue weighted by Crippen LogP contribution is -2.37. The number of rotatable bonds is 4. The van der Waals surface area contributed by atoms with Crippen molar-refractivity contribution >= 4 is 33.4 Å². The molecule has 0 saturated carbocycles. The fourth-order valence-corrected chi connectivity index (χ4v) is 4.41. The summed E-state index contributed by atoms with van der Waals surface area (Å²) in [5.74, 6) is -0.775. The third kappa shape index (κ3) is 2.78.